The number of hydrogen-bond donors (Lipinski definition) is 0. The van der Waals surface area contributed by atoms with Crippen molar-refractivity contribution < 1.29 is 9.32 Å². The Kier molecular flexibility index (Phi) is 3.85. The predicted molar refractivity (Wildman–Crippen MR) is 99.3 cm³/mol. The lowest BCUT2D eigenvalue weighted by Crippen LogP contribution is -2.39. The van der Waals surface area contributed by atoms with Crippen molar-refractivity contribution in [3.8, 4) is 0 Å². The summed E-state index contributed by atoms with van der Waals surface area (Å²) in [4.78, 5) is 14.6. The highest BCUT2D eigenvalue weighted by Crippen LogP contribution is 2.28. The van der Waals surface area contributed by atoms with Gasteiger partial charge in [-0.05, 0) is 37.1 Å². The van der Waals surface area contributed by atoms with Gasteiger partial charge in [-0.3, -0.25) is 9.20 Å². The van der Waals surface area contributed by atoms with Crippen LogP contribution in [0.2, 0.25) is 0 Å². The zero-order chi connectivity index (χ0) is 18.2. The fraction of sp³-hybridized carbons (Fsp3) is 0.300. The molecule has 27 heavy (non-hydrogen) atoms. The number of carbonyl (C=O) groups is 1. The van der Waals surface area contributed by atoms with E-state index < -0.39 is 0 Å². The van der Waals surface area contributed by atoms with Crippen molar-refractivity contribution in [1.82, 2.24) is 24.7 Å². The average Bonchev–Trinajstić information content (AvgIpc) is 3.33. The number of nitrogens with zero attached hydrogens (tertiary/aromatic N) is 5. The van der Waals surface area contributed by atoms with E-state index in [1.807, 2.05) is 58.0 Å². The fourth-order valence-corrected chi connectivity index (χ4v) is 3.85. The molecule has 1 saturated heterocycles. The fourth-order valence-electron chi connectivity index (χ4n) is 3.85. The molecule has 3 aromatic heterocycles. The number of piperidine rings is 1. The third-order valence-electron chi connectivity index (χ3n) is 5.32. The second-order valence-corrected chi connectivity index (χ2v) is 6.94. The van der Waals surface area contributed by atoms with Gasteiger partial charge in [0.25, 0.3) is 0 Å². The first-order valence-electron chi connectivity index (χ1n) is 9.20. The molecule has 5 rings (SSSR count). The quantitative estimate of drug-likeness (QED) is 0.561. The van der Waals surface area contributed by atoms with Crippen LogP contribution < -0.4 is 0 Å². The van der Waals surface area contributed by atoms with E-state index in [0.717, 1.165) is 48.4 Å². The normalized spacial score (nSPS) is 15.6. The molecule has 1 aliphatic heterocycles. The Balaban J connectivity index is 1.27. The SMILES string of the molecule is O=C(Cc1noc2ccccc12)N1CCC(c2nnc3ccccn23)CC1. The molecule has 1 fully saturated rings. The summed E-state index contributed by atoms with van der Waals surface area (Å²) in [7, 11) is 0. The molecule has 1 amide bonds. The number of hydrogen-bond acceptors (Lipinski definition) is 5. The summed E-state index contributed by atoms with van der Waals surface area (Å²) < 4.78 is 7.35. The van der Waals surface area contributed by atoms with Crippen molar-refractivity contribution >= 4 is 22.5 Å². The summed E-state index contributed by atoms with van der Waals surface area (Å²) in [6, 6.07) is 13.5. The van der Waals surface area contributed by atoms with Gasteiger partial charge in [0.05, 0.1) is 6.42 Å². The minimum absolute atomic E-state index is 0.0959. The Labute approximate surface area is 155 Å². The Morgan fingerprint density at radius 2 is 1.89 bits per heavy atom. The van der Waals surface area contributed by atoms with Crippen molar-refractivity contribution in [1.29, 1.82) is 0 Å². The van der Waals surface area contributed by atoms with E-state index in [2.05, 4.69) is 15.4 Å². The minimum Gasteiger partial charge on any atom is -0.356 e. The average molecular weight is 361 g/mol. The van der Waals surface area contributed by atoms with Gasteiger partial charge < -0.3 is 9.42 Å². The van der Waals surface area contributed by atoms with Crippen molar-refractivity contribution in [2.75, 3.05) is 13.1 Å². The first-order valence-corrected chi connectivity index (χ1v) is 9.20. The van der Waals surface area contributed by atoms with E-state index >= 15 is 0 Å². The molecule has 0 unspecified atom stereocenters. The summed E-state index contributed by atoms with van der Waals surface area (Å²) in [5.74, 6) is 1.40. The molecule has 136 valence electrons. The largest absolute Gasteiger partial charge is 0.356 e. The summed E-state index contributed by atoms with van der Waals surface area (Å²) in [6.07, 6.45) is 4.05. The highest BCUT2D eigenvalue weighted by Gasteiger charge is 2.27. The first-order chi connectivity index (χ1) is 13.3. The maximum atomic E-state index is 12.7. The van der Waals surface area contributed by atoms with Crippen LogP contribution in [-0.2, 0) is 11.2 Å². The molecule has 7 heteroatoms. The Morgan fingerprint density at radius 3 is 2.78 bits per heavy atom. The lowest BCUT2D eigenvalue weighted by molar-refractivity contribution is -0.131. The van der Waals surface area contributed by atoms with Crippen LogP contribution in [0.15, 0.2) is 53.2 Å². The number of para-hydroxylation sites is 1. The van der Waals surface area contributed by atoms with E-state index in [9.17, 15) is 4.79 Å². The number of pyridine rings is 1. The van der Waals surface area contributed by atoms with Crippen LogP contribution in [-0.4, -0.2) is 43.7 Å². The van der Waals surface area contributed by atoms with Crippen LogP contribution in [0.1, 0.15) is 30.3 Å². The second-order valence-electron chi connectivity index (χ2n) is 6.94. The van der Waals surface area contributed by atoms with Gasteiger partial charge >= 0.3 is 0 Å². The summed E-state index contributed by atoms with van der Waals surface area (Å²) in [6.45, 7) is 1.45. The van der Waals surface area contributed by atoms with Gasteiger partial charge in [-0.1, -0.05) is 23.4 Å². The van der Waals surface area contributed by atoms with Crippen LogP contribution in [0.4, 0.5) is 0 Å². The minimum atomic E-state index is 0.0959. The van der Waals surface area contributed by atoms with Gasteiger partial charge in [0, 0.05) is 30.6 Å². The van der Waals surface area contributed by atoms with Crippen molar-refractivity contribution in [3.05, 3.63) is 60.2 Å². The first kappa shape index (κ1) is 16.0. The molecular formula is C20H19N5O2. The molecule has 0 bridgehead atoms. The third kappa shape index (κ3) is 2.85. The van der Waals surface area contributed by atoms with Gasteiger partial charge in [-0.2, -0.15) is 0 Å². The van der Waals surface area contributed by atoms with E-state index in [0.29, 0.717) is 11.6 Å². The zero-order valence-corrected chi connectivity index (χ0v) is 14.8. The van der Waals surface area contributed by atoms with Gasteiger partial charge in [0.1, 0.15) is 11.5 Å². The molecule has 0 saturated carbocycles. The Morgan fingerprint density at radius 1 is 1.07 bits per heavy atom. The second kappa shape index (κ2) is 6.50. The maximum Gasteiger partial charge on any atom is 0.228 e. The summed E-state index contributed by atoms with van der Waals surface area (Å²) in [5.41, 5.74) is 2.29. The smallest absolute Gasteiger partial charge is 0.228 e. The highest BCUT2D eigenvalue weighted by molar-refractivity contribution is 5.86. The van der Waals surface area contributed by atoms with Gasteiger partial charge in [0.2, 0.25) is 5.91 Å². The molecule has 0 N–H and O–H groups in total. The van der Waals surface area contributed by atoms with Crippen molar-refractivity contribution in [3.63, 3.8) is 0 Å². The van der Waals surface area contributed by atoms with Crippen LogP contribution in [0.5, 0.6) is 0 Å². The lowest BCUT2D eigenvalue weighted by atomic mass is 9.95. The van der Waals surface area contributed by atoms with Crippen molar-refractivity contribution in [2.24, 2.45) is 0 Å². The summed E-state index contributed by atoms with van der Waals surface area (Å²) in [5, 5.41) is 13.6. The number of amides is 1. The molecular weight excluding hydrogens is 342 g/mol. The molecule has 4 heterocycles. The maximum absolute atomic E-state index is 12.7. The number of fused-ring (bicyclic) bond motifs is 2. The molecule has 7 nitrogen and oxygen atoms in total. The summed E-state index contributed by atoms with van der Waals surface area (Å²) >= 11 is 0. The number of benzene rings is 1. The Hall–Kier alpha value is -3.22. The molecule has 1 aromatic carbocycles. The van der Waals surface area contributed by atoms with Crippen LogP contribution >= 0.6 is 0 Å². The molecule has 1 aliphatic rings. The van der Waals surface area contributed by atoms with Crippen LogP contribution in [0, 0.1) is 0 Å². The van der Waals surface area contributed by atoms with E-state index in [-0.39, 0.29) is 12.3 Å². The number of likely N-dealkylation sites (tertiary alicyclic amines) is 1. The zero-order valence-electron chi connectivity index (χ0n) is 14.8. The number of carbonyl (C=O) groups excluding carboxylic acids is 1. The van der Waals surface area contributed by atoms with Crippen LogP contribution in [0.25, 0.3) is 16.6 Å². The van der Waals surface area contributed by atoms with Crippen LogP contribution in [0.3, 0.4) is 0 Å². The standard InChI is InChI=1S/C20H19N5O2/c26-19(13-16-15-5-1-2-6-17(15)27-23-16)24-11-8-14(9-12-24)20-22-21-18-7-3-4-10-25(18)20/h1-7,10,14H,8-9,11-13H2. The van der Waals surface area contributed by atoms with E-state index in [4.69, 9.17) is 4.52 Å². The van der Waals surface area contributed by atoms with Gasteiger partial charge in [0.15, 0.2) is 11.2 Å². The molecule has 0 atom stereocenters. The number of aromatic nitrogens is 4. The number of rotatable bonds is 3. The monoisotopic (exact) mass is 361 g/mol. The predicted octanol–water partition coefficient (Wildman–Crippen LogP) is 2.82. The molecule has 4 aromatic rings. The third-order valence-corrected chi connectivity index (χ3v) is 5.32. The molecule has 0 radical (unpaired) electrons. The van der Waals surface area contributed by atoms with Gasteiger partial charge in [-0.25, -0.2) is 0 Å². The molecule has 0 aliphatic carbocycles. The lowest BCUT2D eigenvalue weighted by Gasteiger charge is -2.31. The topological polar surface area (TPSA) is 76.5 Å². The molecule has 0 spiro atoms. The highest BCUT2D eigenvalue weighted by atomic mass is 16.5. The van der Waals surface area contributed by atoms with Gasteiger partial charge in [-0.15, -0.1) is 10.2 Å². The van der Waals surface area contributed by atoms with Crippen molar-refractivity contribution in [2.45, 2.75) is 25.2 Å². The van der Waals surface area contributed by atoms with E-state index in [1.165, 1.54) is 0 Å². The van der Waals surface area contributed by atoms with E-state index in [1.54, 1.807) is 0 Å². The Bertz CT molecular complexity index is 1110.